The predicted octanol–water partition coefficient (Wildman–Crippen LogP) is 3.03. The summed E-state index contributed by atoms with van der Waals surface area (Å²) >= 11 is 1.44. The number of carbonyl (C=O) groups is 1. The van der Waals surface area contributed by atoms with Gasteiger partial charge >= 0.3 is 5.97 Å². The molecule has 0 aliphatic heterocycles. The first-order valence-corrected chi connectivity index (χ1v) is 9.92. The molecule has 27 heavy (non-hydrogen) atoms. The predicted molar refractivity (Wildman–Crippen MR) is 106 cm³/mol. The van der Waals surface area contributed by atoms with Crippen molar-refractivity contribution in [1.82, 2.24) is 4.98 Å². The minimum atomic E-state index is -0.724. The molecule has 0 amide bonds. The standard InChI is InChI=1S/C20H26N2O4S/c1-11-7-16-18(17(24)8-11)27-19(21-16)14-6-5-13(22(3)4)9-15(14)20(25)26-10-12(2)23/h5-6,9,11-12,17,23-24H,7-8,10H2,1-4H3/t11-,12?,17?/m0/s1. The summed E-state index contributed by atoms with van der Waals surface area (Å²) in [5, 5.41) is 20.5. The second-order valence-electron chi connectivity index (χ2n) is 7.46. The molecular formula is C20H26N2O4S. The van der Waals surface area contributed by atoms with Crippen LogP contribution in [0.3, 0.4) is 0 Å². The SMILES string of the molecule is CC(O)COC(=O)c1cc(N(C)C)ccc1-c1nc2c(s1)C(O)C[C@@H](C)C2. The van der Waals surface area contributed by atoms with Crippen molar-refractivity contribution in [2.24, 2.45) is 5.92 Å². The molecule has 0 fully saturated rings. The third-order valence-corrected chi connectivity index (χ3v) is 5.86. The highest BCUT2D eigenvalue weighted by Crippen LogP contribution is 2.41. The number of anilines is 1. The molecule has 0 radical (unpaired) electrons. The summed E-state index contributed by atoms with van der Waals surface area (Å²) in [7, 11) is 3.81. The zero-order chi connectivity index (χ0) is 19.7. The topological polar surface area (TPSA) is 82.9 Å². The van der Waals surface area contributed by atoms with Crippen molar-refractivity contribution in [3.05, 3.63) is 34.3 Å². The number of esters is 1. The molecule has 7 heteroatoms. The average Bonchev–Trinajstić information content (AvgIpc) is 3.03. The normalized spacial score (nSPS) is 20.1. The van der Waals surface area contributed by atoms with E-state index in [1.54, 1.807) is 13.0 Å². The number of thiazole rings is 1. The molecule has 2 aromatic rings. The van der Waals surface area contributed by atoms with Crippen molar-refractivity contribution in [1.29, 1.82) is 0 Å². The fourth-order valence-corrected chi connectivity index (χ4v) is 4.36. The number of fused-ring (bicyclic) bond motifs is 1. The van der Waals surface area contributed by atoms with Gasteiger partial charge in [-0.1, -0.05) is 6.92 Å². The maximum atomic E-state index is 12.7. The van der Waals surface area contributed by atoms with Gasteiger partial charge in [-0.25, -0.2) is 9.78 Å². The molecule has 3 rings (SSSR count). The molecule has 1 aromatic heterocycles. The Morgan fingerprint density at radius 3 is 2.85 bits per heavy atom. The van der Waals surface area contributed by atoms with Crippen LogP contribution < -0.4 is 4.90 Å². The summed E-state index contributed by atoms with van der Waals surface area (Å²) in [6.45, 7) is 3.62. The lowest BCUT2D eigenvalue weighted by Gasteiger charge is -2.21. The van der Waals surface area contributed by atoms with Crippen LogP contribution >= 0.6 is 11.3 Å². The van der Waals surface area contributed by atoms with Gasteiger partial charge in [-0.2, -0.15) is 0 Å². The highest BCUT2D eigenvalue weighted by atomic mass is 32.1. The van der Waals surface area contributed by atoms with E-state index < -0.39 is 18.2 Å². The summed E-state index contributed by atoms with van der Waals surface area (Å²) in [4.78, 5) is 20.2. The second-order valence-corrected chi connectivity index (χ2v) is 8.49. The molecule has 0 bridgehead atoms. The molecule has 1 aliphatic carbocycles. The van der Waals surface area contributed by atoms with E-state index in [0.717, 1.165) is 29.1 Å². The number of nitrogens with zero attached hydrogens (tertiary/aromatic N) is 2. The monoisotopic (exact) mass is 390 g/mol. The van der Waals surface area contributed by atoms with Gasteiger partial charge in [-0.3, -0.25) is 0 Å². The maximum Gasteiger partial charge on any atom is 0.339 e. The average molecular weight is 391 g/mol. The van der Waals surface area contributed by atoms with Crippen LogP contribution in [0.2, 0.25) is 0 Å². The van der Waals surface area contributed by atoms with Crippen LogP contribution in [-0.4, -0.2) is 48.0 Å². The van der Waals surface area contributed by atoms with Gasteiger partial charge in [0.15, 0.2) is 0 Å². The third-order valence-electron chi connectivity index (χ3n) is 4.62. The van der Waals surface area contributed by atoms with Gasteiger partial charge in [0.1, 0.15) is 11.6 Å². The van der Waals surface area contributed by atoms with Crippen LogP contribution in [0, 0.1) is 5.92 Å². The third kappa shape index (κ3) is 4.31. The highest BCUT2D eigenvalue weighted by Gasteiger charge is 2.28. The van der Waals surface area contributed by atoms with Crippen LogP contribution in [0.25, 0.3) is 10.6 Å². The van der Waals surface area contributed by atoms with Crippen molar-refractivity contribution in [2.75, 3.05) is 25.6 Å². The van der Waals surface area contributed by atoms with E-state index in [1.807, 2.05) is 31.1 Å². The quantitative estimate of drug-likeness (QED) is 0.764. The maximum absolute atomic E-state index is 12.7. The Morgan fingerprint density at radius 2 is 2.19 bits per heavy atom. The fourth-order valence-electron chi connectivity index (χ4n) is 3.23. The summed E-state index contributed by atoms with van der Waals surface area (Å²) in [5.74, 6) is -0.106. The zero-order valence-corrected chi connectivity index (χ0v) is 16.9. The Hall–Kier alpha value is -1.96. The zero-order valence-electron chi connectivity index (χ0n) is 16.1. The van der Waals surface area contributed by atoms with Gasteiger partial charge in [-0.15, -0.1) is 11.3 Å². The van der Waals surface area contributed by atoms with Crippen LogP contribution in [0.1, 0.15) is 47.3 Å². The number of rotatable bonds is 5. The molecule has 1 aromatic carbocycles. The number of aromatic nitrogens is 1. The molecule has 6 nitrogen and oxygen atoms in total. The number of hydrogen-bond acceptors (Lipinski definition) is 7. The minimum Gasteiger partial charge on any atom is -0.459 e. The number of benzene rings is 1. The molecule has 3 atom stereocenters. The van der Waals surface area contributed by atoms with Gasteiger partial charge in [-0.05, 0) is 43.9 Å². The molecule has 2 unspecified atom stereocenters. The first-order valence-electron chi connectivity index (χ1n) is 9.10. The molecular weight excluding hydrogens is 364 g/mol. The molecule has 146 valence electrons. The Morgan fingerprint density at radius 1 is 1.44 bits per heavy atom. The van der Waals surface area contributed by atoms with Gasteiger partial charge in [0.05, 0.1) is 28.3 Å². The van der Waals surface area contributed by atoms with Crippen LogP contribution in [0.5, 0.6) is 0 Å². The summed E-state index contributed by atoms with van der Waals surface area (Å²) < 4.78 is 5.25. The number of aliphatic hydroxyl groups excluding tert-OH is 2. The lowest BCUT2D eigenvalue weighted by atomic mass is 9.91. The van der Waals surface area contributed by atoms with E-state index in [1.165, 1.54) is 11.3 Å². The van der Waals surface area contributed by atoms with Crippen molar-refractivity contribution >= 4 is 23.0 Å². The summed E-state index contributed by atoms with van der Waals surface area (Å²) in [5.41, 5.74) is 2.89. The van der Waals surface area contributed by atoms with E-state index in [2.05, 4.69) is 6.92 Å². The number of ether oxygens (including phenoxy) is 1. The Labute approximate surface area is 163 Å². The first kappa shape index (κ1) is 19.8. The number of carbonyl (C=O) groups excluding carboxylic acids is 1. The lowest BCUT2D eigenvalue weighted by molar-refractivity contribution is 0.0297. The van der Waals surface area contributed by atoms with Crippen LogP contribution in [0.4, 0.5) is 5.69 Å². The van der Waals surface area contributed by atoms with Gasteiger partial charge in [0.25, 0.3) is 0 Å². The number of hydrogen-bond donors (Lipinski definition) is 2. The minimum absolute atomic E-state index is 0.0605. The largest absolute Gasteiger partial charge is 0.459 e. The fraction of sp³-hybridized carbons (Fsp3) is 0.500. The number of aliphatic hydroxyl groups is 2. The van der Waals surface area contributed by atoms with Crippen molar-refractivity contribution in [3.8, 4) is 10.6 Å². The van der Waals surface area contributed by atoms with E-state index >= 15 is 0 Å². The summed E-state index contributed by atoms with van der Waals surface area (Å²) in [6.07, 6.45) is 0.345. The van der Waals surface area contributed by atoms with Gasteiger partial charge in [0, 0.05) is 25.3 Å². The Bertz CT molecular complexity index is 831. The Balaban J connectivity index is 2.02. The molecule has 0 saturated heterocycles. The first-order chi connectivity index (χ1) is 12.8. The molecule has 0 saturated carbocycles. The lowest BCUT2D eigenvalue weighted by Crippen LogP contribution is -2.17. The van der Waals surface area contributed by atoms with E-state index in [9.17, 15) is 15.0 Å². The molecule has 1 aliphatic rings. The van der Waals surface area contributed by atoms with Crippen LogP contribution in [0.15, 0.2) is 18.2 Å². The summed E-state index contributed by atoms with van der Waals surface area (Å²) in [6, 6.07) is 5.58. The van der Waals surface area contributed by atoms with Crippen molar-refractivity contribution < 1.29 is 19.7 Å². The van der Waals surface area contributed by atoms with E-state index in [-0.39, 0.29) is 6.61 Å². The van der Waals surface area contributed by atoms with Crippen molar-refractivity contribution in [2.45, 2.75) is 38.9 Å². The van der Waals surface area contributed by atoms with Gasteiger partial charge < -0.3 is 19.8 Å². The van der Waals surface area contributed by atoms with Crippen molar-refractivity contribution in [3.63, 3.8) is 0 Å². The molecule has 0 spiro atoms. The Kier molecular flexibility index (Phi) is 5.83. The van der Waals surface area contributed by atoms with Gasteiger partial charge in [0.2, 0.25) is 0 Å². The second kappa shape index (κ2) is 7.96. The smallest absolute Gasteiger partial charge is 0.339 e. The highest BCUT2D eigenvalue weighted by molar-refractivity contribution is 7.15. The molecule has 1 heterocycles. The van der Waals surface area contributed by atoms with E-state index in [4.69, 9.17) is 9.72 Å². The van der Waals surface area contributed by atoms with Crippen LogP contribution in [-0.2, 0) is 11.2 Å². The van der Waals surface area contributed by atoms with E-state index in [0.29, 0.717) is 22.1 Å². The molecule has 2 N–H and O–H groups in total.